The molecule has 0 aliphatic heterocycles. The van der Waals surface area contributed by atoms with Crippen molar-refractivity contribution in [3.63, 3.8) is 0 Å². The molecule has 0 fully saturated rings. The van der Waals surface area contributed by atoms with Crippen LogP contribution in [-0.4, -0.2) is 4.98 Å². The second kappa shape index (κ2) is 4.47. The molecule has 0 saturated heterocycles. The summed E-state index contributed by atoms with van der Waals surface area (Å²) in [5.74, 6) is 0. The summed E-state index contributed by atoms with van der Waals surface area (Å²) < 4.78 is 2.83. The average Bonchev–Trinajstić information content (AvgIpc) is 3.16. The standard InChI is InChI=1S/C23H15NS/c1-12-5-3-6-15-18-11-17-14-9-10-24-19-8-4-7-16(21(14)19)20(17)13(2)23(18)25-22(12)15/h3-11H,1-2H3. The van der Waals surface area contributed by atoms with Crippen molar-refractivity contribution >= 4 is 42.4 Å². The van der Waals surface area contributed by atoms with E-state index in [0.717, 1.165) is 5.52 Å². The van der Waals surface area contributed by atoms with Crippen molar-refractivity contribution in [3.8, 4) is 22.3 Å². The highest BCUT2D eigenvalue weighted by atomic mass is 32.1. The van der Waals surface area contributed by atoms with Crippen molar-refractivity contribution in [2.45, 2.75) is 13.8 Å². The number of hydrogen-bond donors (Lipinski definition) is 0. The molecule has 0 atom stereocenters. The number of thiophene rings is 1. The summed E-state index contributed by atoms with van der Waals surface area (Å²) in [5, 5.41) is 4.08. The van der Waals surface area contributed by atoms with Gasteiger partial charge in [0.15, 0.2) is 0 Å². The van der Waals surface area contributed by atoms with Crippen molar-refractivity contribution in [2.75, 3.05) is 0 Å². The normalized spacial score (nSPS) is 12.4. The van der Waals surface area contributed by atoms with E-state index in [4.69, 9.17) is 0 Å². The second-order valence-corrected chi connectivity index (χ2v) is 7.93. The number of pyridine rings is 1. The van der Waals surface area contributed by atoms with Gasteiger partial charge >= 0.3 is 0 Å². The third-order valence-corrected chi connectivity index (χ3v) is 7.03. The Labute approximate surface area is 149 Å². The van der Waals surface area contributed by atoms with Gasteiger partial charge in [0.2, 0.25) is 0 Å². The molecular formula is C23H15NS. The maximum Gasteiger partial charge on any atom is 0.0714 e. The lowest BCUT2D eigenvalue weighted by Crippen LogP contribution is -1.83. The Morgan fingerprint density at radius 1 is 0.800 bits per heavy atom. The highest BCUT2D eigenvalue weighted by Crippen LogP contribution is 2.52. The molecule has 1 nitrogen and oxygen atoms in total. The Morgan fingerprint density at radius 3 is 2.60 bits per heavy atom. The van der Waals surface area contributed by atoms with E-state index in [0.29, 0.717) is 0 Å². The Hall–Kier alpha value is -2.71. The van der Waals surface area contributed by atoms with Gasteiger partial charge in [0.25, 0.3) is 0 Å². The molecule has 0 bridgehead atoms. The number of rotatable bonds is 0. The first kappa shape index (κ1) is 13.6. The Morgan fingerprint density at radius 2 is 1.68 bits per heavy atom. The van der Waals surface area contributed by atoms with Gasteiger partial charge in [-0.2, -0.15) is 0 Å². The first-order valence-corrected chi connectivity index (χ1v) is 9.39. The molecule has 5 aromatic rings. The molecule has 0 saturated carbocycles. The minimum absolute atomic E-state index is 1.09. The fourth-order valence-corrected chi connectivity index (χ4v) is 5.69. The maximum atomic E-state index is 4.58. The lowest BCUT2D eigenvalue weighted by atomic mass is 9.96. The number of aromatic nitrogens is 1. The highest BCUT2D eigenvalue weighted by Gasteiger charge is 2.25. The van der Waals surface area contributed by atoms with Crippen LogP contribution < -0.4 is 0 Å². The van der Waals surface area contributed by atoms with Gasteiger partial charge in [0, 0.05) is 31.8 Å². The summed E-state index contributed by atoms with van der Waals surface area (Å²) in [4.78, 5) is 4.58. The Balaban J connectivity index is 1.86. The van der Waals surface area contributed by atoms with E-state index in [9.17, 15) is 0 Å². The molecule has 0 amide bonds. The molecule has 2 heteroatoms. The molecule has 25 heavy (non-hydrogen) atoms. The highest BCUT2D eigenvalue weighted by molar-refractivity contribution is 7.26. The number of fused-ring (bicyclic) bond motifs is 6. The van der Waals surface area contributed by atoms with E-state index in [1.54, 1.807) is 0 Å². The largest absolute Gasteiger partial charge is 0.256 e. The summed E-state index contributed by atoms with van der Waals surface area (Å²) in [6.45, 7) is 4.49. The average molecular weight is 337 g/mol. The van der Waals surface area contributed by atoms with E-state index < -0.39 is 0 Å². The molecule has 1 aliphatic rings. The third kappa shape index (κ3) is 1.56. The summed E-state index contributed by atoms with van der Waals surface area (Å²) in [7, 11) is 0. The lowest BCUT2D eigenvalue weighted by Gasteiger charge is -2.08. The van der Waals surface area contributed by atoms with Crippen LogP contribution in [-0.2, 0) is 0 Å². The third-order valence-electron chi connectivity index (χ3n) is 5.55. The quantitative estimate of drug-likeness (QED) is 0.295. The monoisotopic (exact) mass is 337 g/mol. The van der Waals surface area contributed by atoms with E-state index in [-0.39, 0.29) is 0 Å². The van der Waals surface area contributed by atoms with E-state index in [1.807, 2.05) is 17.5 Å². The van der Waals surface area contributed by atoms with Crippen LogP contribution in [0.1, 0.15) is 11.1 Å². The molecule has 2 heterocycles. The van der Waals surface area contributed by atoms with Gasteiger partial charge in [-0.1, -0.05) is 30.3 Å². The van der Waals surface area contributed by atoms with Crippen molar-refractivity contribution < 1.29 is 0 Å². The van der Waals surface area contributed by atoms with Crippen LogP contribution in [0.4, 0.5) is 0 Å². The van der Waals surface area contributed by atoms with Crippen molar-refractivity contribution in [2.24, 2.45) is 0 Å². The van der Waals surface area contributed by atoms with E-state index in [2.05, 4.69) is 67.4 Å². The van der Waals surface area contributed by atoms with Crippen LogP contribution in [0.5, 0.6) is 0 Å². The van der Waals surface area contributed by atoms with Crippen LogP contribution in [0.2, 0.25) is 0 Å². The van der Waals surface area contributed by atoms with Crippen LogP contribution in [0, 0.1) is 13.8 Å². The van der Waals surface area contributed by atoms with Crippen molar-refractivity contribution in [1.29, 1.82) is 0 Å². The van der Waals surface area contributed by atoms with Crippen LogP contribution in [0.3, 0.4) is 0 Å². The summed E-state index contributed by atoms with van der Waals surface area (Å²) in [5.41, 5.74) is 9.28. The topological polar surface area (TPSA) is 12.9 Å². The van der Waals surface area contributed by atoms with E-state index in [1.165, 1.54) is 58.9 Å². The molecule has 0 spiro atoms. The summed E-state index contributed by atoms with van der Waals surface area (Å²) >= 11 is 1.93. The molecule has 0 N–H and O–H groups in total. The number of hydrogen-bond acceptors (Lipinski definition) is 2. The number of benzene rings is 3. The van der Waals surface area contributed by atoms with E-state index >= 15 is 0 Å². The zero-order chi connectivity index (χ0) is 16.7. The first-order valence-electron chi connectivity index (χ1n) is 8.58. The zero-order valence-corrected chi connectivity index (χ0v) is 14.9. The minimum Gasteiger partial charge on any atom is -0.256 e. The predicted molar refractivity (Wildman–Crippen MR) is 109 cm³/mol. The van der Waals surface area contributed by atoms with Gasteiger partial charge in [-0.15, -0.1) is 11.3 Å². The smallest absolute Gasteiger partial charge is 0.0714 e. The molecule has 0 radical (unpaired) electrons. The molecular weight excluding hydrogens is 322 g/mol. The Kier molecular flexibility index (Phi) is 2.42. The summed E-state index contributed by atoms with van der Waals surface area (Å²) in [6.07, 6.45) is 1.94. The van der Waals surface area contributed by atoms with Gasteiger partial charge in [-0.05, 0) is 65.4 Å². The Bertz CT molecular complexity index is 1350. The summed E-state index contributed by atoms with van der Waals surface area (Å²) in [6, 6.07) is 17.7. The van der Waals surface area contributed by atoms with Gasteiger partial charge < -0.3 is 0 Å². The molecule has 2 aromatic heterocycles. The molecule has 1 aliphatic carbocycles. The van der Waals surface area contributed by atoms with Crippen LogP contribution in [0.15, 0.2) is 54.7 Å². The van der Waals surface area contributed by atoms with Gasteiger partial charge in [-0.25, -0.2) is 0 Å². The molecule has 3 aromatic carbocycles. The van der Waals surface area contributed by atoms with Gasteiger partial charge in [0.05, 0.1) is 5.52 Å². The van der Waals surface area contributed by atoms with Gasteiger partial charge in [-0.3, -0.25) is 4.98 Å². The maximum absolute atomic E-state index is 4.58. The number of nitrogens with zero attached hydrogens (tertiary/aromatic N) is 1. The van der Waals surface area contributed by atoms with Crippen LogP contribution >= 0.6 is 11.3 Å². The zero-order valence-electron chi connectivity index (χ0n) is 14.1. The van der Waals surface area contributed by atoms with Crippen molar-refractivity contribution in [3.05, 3.63) is 65.9 Å². The van der Waals surface area contributed by atoms with Crippen molar-refractivity contribution in [1.82, 2.24) is 4.98 Å². The second-order valence-electron chi connectivity index (χ2n) is 6.91. The minimum atomic E-state index is 1.09. The SMILES string of the molecule is Cc1cccc2c1sc1c(C)c3c(cc12)-c1ccnc2cccc-3c12. The predicted octanol–water partition coefficient (Wildman–Crippen LogP) is 6.87. The fourth-order valence-electron chi connectivity index (χ4n) is 4.43. The van der Waals surface area contributed by atoms with Gasteiger partial charge in [0.1, 0.15) is 0 Å². The number of aryl methyl sites for hydroxylation is 2. The first-order chi connectivity index (χ1) is 12.2. The molecule has 0 unspecified atom stereocenters. The molecule has 118 valence electrons. The van der Waals surface area contributed by atoms with Crippen LogP contribution in [0.25, 0.3) is 53.3 Å². The lowest BCUT2D eigenvalue weighted by molar-refractivity contribution is 1.42. The molecule has 6 rings (SSSR count). The fraction of sp³-hybridized carbons (Fsp3) is 0.0870.